The molecule has 2 aromatic rings. The monoisotopic (exact) mass is 413 g/mol. The fourth-order valence-electron chi connectivity index (χ4n) is 3.46. The van der Waals surface area contributed by atoms with Gasteiger partial charge in [-0.05, 0) is 51.0 Å². The Balaban J connectivity index is 1.79. The van der Waals surface area contributed by atoms with Crippen molar-refractivity contribution in [2.24, 2.45) is 7.05 Å². The van der Waals surface area contributed by atoms with Gasteiger partial charge in [0, 0.05) is 42.7 Å². The van der Waals surface area contributed by atoms with Crippen molar-refractivity contribution in [1.29, 1.82) is 0 Å². The first-order chi connectivity index (χ1) is 14.3. The van der Waals surface area contributed by atoms with Crippen LogP contribution in [-0.4, -0.2) is 59.0 Å². The highest BCUT2D eigenvalue weighted by molar-refractivity contribution is 5.97. The third-order valence-electron chi connectivity index (χ3n) is 5.48. The van der Waals surface area contributed by atoms with Crippen LogP contribution in [0.1, 0.15) is 42.7 Å². The van der Waals surface area contributed by atoms with Gasteiger partial charge < -0.3 is 23.8 Å². The lowest BCUT2D eigenvalue weighted by Gasteiger charge is -2.30. The number of carbonyl (C=O) groups excluding carboxylic acids is 2. The van der Waals surface area contributed by atoms with Crippen LogP contribution in [0.2, 0.25) is 0 Å². The highest BCUT2D eigenvalue weighted by atomic mass is 16.5. The van der Waals surface area contributed by atoms with Crippen LogP contribution < -0.4 is 9.47 Å². The molecule has 0 spiro atoms. The van der Waals surface area contributed by atoms with E-state index in [1.807, 2.05) is 48.7 Å². The Hall–Kier alpha value is -2.96. The molecule has 0 saturated heterocycles. The molecule has 1 saturated carbocycles. The van der Waals surface area contributed by atoms with Crippen LogP contribution in [0.4, 0.5) is 0 Å². The molecule has 7 heteroatoms. The van der Waals surface area contributed by atoms with Crippen LogP contribution in [0.15, 0.2) is 36.5 Å². The van der Waals surface area contributed by atoms with E-state index in [1.54, 1.807) is 37.3 Å². The number of ether oxygens (including phenoxy) is 2. The zero-order valence-corrected chi connectivity index (χ0v) is 18.4. The van der Waals surface area contributed by atoms with Gasteiger partial charge in [0.05, 0.1) is 20.8 Å². The normalized spacial score (nSPS) is 13.3. The quantitative estimate of drug-likeness (QED) is 0.634. The Morgan fingerprint density at radius 1 is 1.13 bits per heavy atom. The van der Waals surface area contributed by atoms with Crippen LogP contribution in [-0.2, 0) is 18.4 Å². The predicted octanol–water partition coefficient (Wildman–Crippen LogP) is 3.08. The fourth-order valence-corrected chi connectivity index (χ4v) is 3.46. The Morgan fingerprint density at radius 2 is 1.77 bits per heavy atom. The first kappa shape index (κ1) is 21.7. The van der Waals surface area contributed by atoms with Crippen LogP contribution in [0.3, 0.4) is 0 Å². The van der Waals surface area contributed by atoms with Crippen molar-refractivity contribution in [1.82, 2.24) is 14.4 Å². The van der Waals surface area contributed by atoms with Gasteiger partial charge in [-0.1, -0.05) is 0 Å². The van der Waals surface area contributed by atoms with Gasteiger partial charge in [0.1, 0.15) is 18.0 Å². The van der Waals surface area contributed by atoms with Crippen molar-refractivity contribution in [3.8, 4) is 11.5 Å². The van der Waals surface area contributed by atoms with Gasteiger partial charge in [-0.25, -0.2) is 0 Å². The molecule has 1 aliphatic carbocycles. The predicted molar refractivity (Wildman–Crippen MR) is 115 cm³/mol. The summed E-state index contributed by atoms with van der Waals surface area (Å²) >= 11 is 0. The third kappa shape index (κ3) is 4.96. The summed E-state index contributed by atoms with van der Waals surface area (Å²) in [7, 11) is 5.07. The Morgan fingerprint density at radius 3 is 2.23 bits per heavy atom. The molecule has 1 fully saturated rings. The van der Waals surface area contributed by atoms with Crippen LogP contribution in [0, 0.1) is 0 Å². The number of aromatic nitrogens is 1. The topological polar surface area (TPSA) is 64.0 Å². The minimum Gasteiger partial charge on any atom is -0.497 e. The number of aryl methyl sites for hydroxylation is 1. The summed E-state index contributed by atoms with van der Waals surface area (Å²) < 4.78 is 12.6. The molecule has 0 radical (unpaired) electrons. The molecule has 0 bridgehead atoms. The van der Waals surface area contributed by atoms with Gasteiger partial charge in [-0.3, -0.25) is 9.59 Å². The number of hydrogen-bond acceptors (Lipinski definition) is 4. The Kier molecular flexibility index (Phi) is 6.70. The van der Waals surface area contributed by atoms with Crippen molar-refractivity contribution in [3.63, 3.8) is 0 Å². The molecule has 2 amide bonds. The molecule has 0 aliphatic heterocycles. The molecular formula is C23H31N3O4. The second-order valence-electron chi connectivity index (χ2n) is 7.99. The van der Waals surface area contributed by atoms with Crippen LogP contribution in [0.5, 0.6) is 11.5 Å². The number of hydrogen-bond donors (Lipinski definition) is 0. The molecule has 0 unspecified atom stereocenters. The Labute approximate surface area is 178 Å². The van der Waals surface area contributed by atoms with Crippen molar-refractivity contribution in [2.75, 3.05) is 20.8 Å². The second-order valence-corrected chi connectivity index (χ2v) is 7.99. The summed E-state index contributed by atoms with van der Waals surface area (Å²) in [6, 6.07) is 9.20. The molecule has 1 aromatic heterocycles. The molecule has 0 atom stereocenters. The number of nitrogens with zero attached hydrogens (tertiary/aromatic N) is 3. The number of amides is 2. The van der Waals surface area contributed by atoms with E-state index in [4.69, 9.17) is 9.47 Å². The lowest BCUT2D eigenvalue weighted by Crippen LogP contribution is -2.46. The largest absolute Gasteiger partial charge is 0.497 e. The Bertz CT molecular complexity index is 879. The second kappa shape index (κ2) is 9.24. The van der Waals surface area contributed by atoms with Crippen LogP contribution >= 0.6 is 0 Å². The summed E-state index contributed by atoms with van der Waals surface area (Å²) in [4.78, 5) is 30.0. The van der Waals surface area contributed by atoms with Gasteiger partial charge in [-0.15, -0.1) is 0 Å². The van der Waals surface area contributed by atoms with E-state index in [0.717, 1.165) is 18.5 Å². The van der Waals surface area contributed by atoms with Crippen molar-refractivity contribution in [3.05, 3.63) is 47.8 Å². The van der Waals surface area contributed by atoms with Gasteiger partial charge >= 0.3 is 0 Å². The maximum absolute atomic E-state index is 13.3. The molecule has 1 heterocycles. The number of benzene rings is 1. The van der Waals surface area contributed by atoms with E-state index in [0.29, 0.717) is 23.6 Å². The SMILES string of the molecule is COc1cc(OC)cc(C(=O)N(CC(=O)N(Cc2cccn2C)C2CC2)C(C)C)c1. The maximum atomic E-state index is 13.3. The highest BCUT2D eigenvalue weighted by Gasteiger charge is 2.34. The molecule has 0 N–H and O–H groups in total. The third-order valence-corrected chi connectivity index (χ3v) is 5.48. The van der Waals surface area contributed by atoms with Gasteiger partial charge in [0.25, 0.3) is 5.91 Å². The van der Waals surface area contributed by atoms with E-state index >= 15 is 0 Å². The summed E-state index contributed by atoms with van der Waals surface area (Å²) in [6.45, 7) is 4.43. The highest BCUT2D eigenvalue weighted by Crippen LogP contribution is 2.29. The number of methoxy groups -OCH3 is 2. The molecule has 162 valence electrons. The maximum Gasteiger partial charge on any atom is 0.254 e. The van der Waals surface area contributed by atoms with Gasteiger partial charge in [0.15, 0.2) is 0 Å². The summed E-state index contributed by atoms with van der Waals surface area (Å²) in [5.41, 5.74) is 1.52. The number of rotatable bonds is 9. The van der Waals surface area contributed by atoms with Crippen molar-refractivity contribution in [2.45, 2.75) is 45.3 Å². The number of carbonyl (C=O) groups is 2. The van der Waals surface area contributed by atoms with Gasteiger partial charge in [-0.2, -0.15) is 0 Å². The molecule has 3 rings (SSSR count). The summed E-state index contributed by atoms with van der Waals surface area (Å²) in [5.74, 6) is 0.827. The molecular weight excluding hydrogens is 382 g/mol. The van der Waals surface area contributed by atoms with E-state index in [2.05, 4.69) is 0 Å². The zero-order valence-electron chi connectivity index (χ0n) is 18.4. The van der Waals surface area contributed by atoms with Crippen molar-refractivity contribution < 1.29 is 19.1 Å². The van der Waals surface area contributed by atoms with E-state index in [9.17, 15) is 9.59 Å². The van der Waals surface area contributed by atoms with E-state index in [1.165, 1.54) is 0 Å². The van der Waals surface area contributed by atoms with Crippen molar-refractivity contribution >= 4 is 11.8 Å². The summed E-state index contributed by atoms with van der Waals surface area (Å²) in [5, 5.41) is 0. The lowest BCUT2D eigenvalue weighted by molar-refractivity contribution is -0.133. The smallest absolute Gasteiger partial charge is 0.254 e. The van der Waals surface area contributed by atoms with Crippen LogP contribution in [0.25, 0.3) is 0 Å². The van der Waals surface area contributed by atoms with Gasteiger partial charge in [0.2, 0.25) is 5.91 Å². The molecule has 30 heavy (non-hydrogen) atoms. The zero-order chi connectivity index (χ0) is 21.8. The first-order valence-corrected chi connectivity index (χ1v) is 10.3. The average Bonchev–Trinajstić information content (AvgIpc) is 3.50. The average molecular weight is 414 g/mol. The molecule has 1 aromatic carbocycles. The lowest BCUT2D eigenvalue weighted by atomic mass is 10.1. The van der Waals surface area contributed by atoms with E-state index in [-0.39, 0.29) is 30.4 Å². The van der Waals surface area contributed by atoms with E-state index < -0.39 is 0 Å². The first-order valence-electron chi connectivity index (χ1n) is 10.3. The fraction of sp³-hybridized carbons (Fsp3) is 0.478. The standard InChI is InChI=1S/C23H31N3O4/c1-16(2)25(23(28)17-11-20(29-4)13-21(12-17)30-5)15-22(27)26(18-8-9-18)14-19-7-6-10-24(19)3/h6-7,10-13,16,18H,8-9,14-15H2,1-5H3. The molecule has 7 nitrogen and oxygen atoms in total. The minimum absolute atomic E-state index is 0.0318. The minimum atomic E-state index is -0.217. The molecule has 1 aliphatic rings. The summed E-state index contributed by atoms with van der Waals surface area (Å²) in [6.07, 6.45) is 4.00.